The van der Waals surface area contributed by atoms with Crippen molar-refractivity contribution in [2.24, 2.45) is 5.92 Å². The van der Waals surface area contributed by atoms with Crippen LogP contribution in [0.1, 0.15) is 78.5 Å². The number of fused-ring (bicyclic) bond motifs is 6. The summed E-state index contributed by atoms with van der Waals surface area (Å²) in [6.45, 7) is 3.05. The van der Waals surface area contributed by atoms with Gasteiger partial charge in [0.05, 0.1) is 13.0 Å². The summed E-state index contributed by atoms with van der Waals surface area (Å²) in [5.41, 5.74) is 13.5. The molecule has 4 aromatic rings. The highest BCUT2D eigenvalue weighted by molar-refractivity contribution is 5.84. The molecule has 10 heteroatoms. The fourth-order valence-corrected chi connectivity index (χ4v) is 8.52. The number of aliphatic hydroxyl groups excluding tert-OH is 1. The average Bonchev–Trinajstić information content (AvgIpc) is 3.65. The molecular formula is C39H42N2O8. The zero-order chi connectivity index (χ0) is 34.4. The molecule has 3 aromatic carbocycles. The van der Waals surface area contributed by atoms with Crippen LogP contribution in [0.15, 0.2) is 54.7 Å². The minimum absolute atomic E-state index is 0.0188. The number of rotatable bonds is 9. The summed E-state index contributed by atoms with van der Waals surface area (Å²) in [5, 5.41) is 30.9. The highest BCUT2D eigenvalue weighted by Crippen LogP contribution is 2.62. The van der Waals surface area contributed by atoms with Gasteiger partial charge in [0.25, 0.3) is 0 Å². The minimum Gasteiger partial charge on any atom is -0.508 e. The number of pyridine rings is 1. The number of nitrogen functional groups attached to an aromatic ring is 1. The van der Waals surface area contributed by atoms with Crippen LogP contribution in [0.4, 0.5) is 5.82 Å². The molecule has 7 rings (SSSR count). The van der Waals surface area contributed by atoms with Crippen molar-refractivity contribution in [1.29, 1.82) is 0 Å². The molecule has 49 heavy (non-hydrogen) atoms. The van der Waals surface area contributed by atoms with Crippen molar-refractivity contribution in [2.45, 2.75) is 69.8 Å². The number of ether oxygens (including phenoxy) is 4. The van der Waals surface area contributed by atoms with Crippen LogP contribution in [-0.2, 0) is 34.2 Å². The number of nitrogens with zero attached hydrogens (tertiary/aromatic N) is 1. The van der Waals surface area contributed by atoms with E-state index in [0.29, 0.717) is 29.7 Å². The van der Waals surface area contributed by atoms with Crippen molar-refractivity contribution >= 4 is 11.8 Å². The Morgan fingerprint density at radius 1 is 1.12 bits per heavy atom. The van der Waals surface area contributed by atoms with Crippen molar-refractivity contribution in [3.63, 3.8) is 0 Å². The van der Waals surface area contributed by atoms with Crippen LogP contribution >= 0.6 is 0 Å². The summed E-state index contributed by atoms with van der Waals surface area (Å²) in [6.07, 6.45) is 6.45. The highest BCUT2D eigenvalue weighted by atomic mass is 16.6. The van der Waals surface area contributed by atoms with Crippen molar-refractivity contribution in [3.05, 3.63) is 88.1 Å². The molecule has 0 radical (unpaired) electrons. The Hall–Kier alpha value is -4.96. The number of benzene rings is 3. The van der Waals surface area contributed by atoms with E-state index in [4.69, 9.17) is 24.7 Å². The number of carbonyl (C=O) groups excluding carboxylic acids is 1. The van der Waals surface area contributed by atoms with Crippen molar-refractivity contribution in [1.82, 2.24) is 4.98 Å². The standard InChI is InChI=1S/C39H42N2O8/c1-4-24-12-23(18-41-38(24)40)11-22-9-10-39(16-22)17-26-13-27(44)15-33(48-20-42)34(26)29-7-6-28-30(19-47-21(2)43)36(49-37(28)35(29)39)25-5-8-31(45)32(14-25)46-3/h5-8,12-15,18,22,30,36,42,44-45H,4,9-11,16-17,19-20H2,1-3H3,(H2,40,41)/t22-,30-,36+,39+/m0/s1. The highest BCUT2D eigenvalue weighted by Gasteiger charge is 2.50. The van der Waals surface area contributed by atoms with Crippen molar-refractivity contribution in [2.75, 3.05) is 26.2 Å². The number of aromatic hydroxyl groups is 2. The van der Waals surface area contributed by atoms with Crippen LogP contribution in [-0.4, -0.2) is 46.8 Å². The average molecular weight is 667 g/mol. The maximum atomic E-state index is 12.1. The number of carbonyl (C=O) groups is 1. The Kier molecular flexibility index (Phi) is 8.52. The van der Waals surface area contributed by atoms with Gasteiger partial charge in [-0.2, -0.15) is 0 Å². The molecule has 0 amide bonds. The Bertz CT molecular complexity index is 1930. The van der Waals surface area contributed by atoms with E-state index in [9.17, 15) is 20.1 Å². The van der Waals surface area contributed by atoms with E-state index in [1.54, 1.807) is 24.3 Å². The van der Waals surface area contributed by atoms with Crippen LogP contribution in [0.25, 0.3) is 11.1 Å². The van der Waals surface area contributed by atoms with Gasteiger partial charge in [-0.25, -0.2) is 4.98 Å². The molecule has 0 saturated heterocycles. The fourth-order valence-electron chi connectivity index (χ4n) is 8.52. The smallest absolute Gasteiger partial charge is 0.302 e. The van der Waals surface area contributed by atoms with Gasteiger partial charge in [-0.15, -0.1) is 0 Å². The lowest BCUT2D eigenvalue weighted by Crippen LogP contribution is -2.31. The topological polar surface area (TPSA) is 154 Å². The van der Waals surface area contributed by atoms with Gasteiger partial charge in [0.2, 0.25) is 0 Å². The quantitative estimate of drug-likeness (QED) is 0.119. The van der Waals surface area contributed by atoms with E-state index in [1.807, 2.05) is 12.3 Å². The third kappa shape index (κ3) is 5.77. The van der Waals surface area contributed by atoms with E-state index in [2.05, 4.69) is 24.0 Å². The summed E-state index contributed by atoms with van der Waals surface area (Å²) >= 11 is 0. The largest absolute Gasteiger partial charge is 0.508 e. The van der Waals surface area contributed by atoms with Gasteiger partial charge in [0.1, 0.15) is 35.8 Å². The normalized spacial score (nSPS) is 21.8. The van der Waals surface area contributed by atoms with Gasteiger partial charge in [0.15, 0.2) is 18.3 Å². The predicted molar refractivity (Wildman–Crippen MR) is 183 cm³/mol. The summed E-state index contributed by atoms with van der Waals surface area (Å²) in [4.78, 5) is 16.5. The molecular weight excluding hydrogens is 624 g/mol. The Balaban J connectivity index is 1.37. The SMILES string of the molecule is CCc1cc(C[C@@H]2CC[C@]3(Cc4cc(O)cc(OCO)c4-c4ccc5c(c43)O[C@H](c3ccc(O)c(OC)c3)[C@H]5COC(C)=O)C2)cnc1N. The maximum absolute atomic E-state index is 12.1. The van der Waals surface area contributed by atoms with Crippen molar-refractivity contribution in [3.8, 4) is 39.9 Å². The first kappa shape index (κ1) is 32.6. The summed E-state index contributed by atoms with van der Waals surface area (Å²) in [6, 6.07) is 14.8. The Labute approximate surface area is 285 Å². The molecule has 1 fully saturated rings. The first-order valence-corrected chi connectivity index (χ1v) is 16.8. The molecule has 1 aromatic heterocycles. The van der Waals surface area contributed by atoms with E-state index in [1.165, 1.54) is 20.1 Å². The van der Waals surface area contributed by atoms with Crippen LogP contribution in [0.3, 0.4) is 0 Å². The number of nitrogens with two attached hydrogens (primary N) is 1. The summed E-state index contributed by atoms with van der Waals surface area (Å²) < 4.78 is 23.8. The second-order valence-electron chi connectivity index (χ2n) is 13.5. The molecule has 0 unspecified atom stereocenters. The molecule has 5 N–H and O–H groups in total. The van der Waals surface area contributed by atoms with Gasteiger partial charge < -0.3 is 40.0 Å². The van der Waals surface area contributed by atoms with Crippen LogP contribution in [0.2, 0.25) is 0 Å². The Morgan fingerprint density at radius 2 is 1.96 bits per heavy atom. The molecule has 4 atom stereocenters. The number of hydrogen-bond acceptors (Lipinski definition) is 10. The molecule has 0 bridgehead atoms. The van der Waals surface area contributed by atoms with Gasteiger partial charge in [-0.05, 0) is 90.5 Å². The zero-order valence-electron chi connectivity index (χ0n) is 28.0. The van der Waals surface area contributed by atoms with Gasteiger partial charge in [-0.3, -0.25) is 4.79 Å². The lowest BCUT2D eigenvalue weighted by Gasteiger charge is -2.39. The second kappa shape index (κ2) is 12.8. The number of aryl methyl sites for hydroxylation is 1. The van der Waals surface area contributed by atoms with Gasteiger partial charge in [-0.1, -0.05) is 31.2 Å². The monoisotopic (exact) mass is 666 g/mol. The van der Waals surface area contributed by atoms with Gasteiger partial charge >= 0.3 is 5.97 Å². The Morgan fingerprint density at radius 3 is 2.71 bits per heavy atom. The lowest BCUT2D eigenvalue weighted by atomic mass is 9.65. The first-order chi connectivity index (χ1) is 23.6. The molecule has 1 saturated carbocycles. The third-order valence-electron chi connectivity index (χ3n) is 10.6. The van der Waals surface area contributed by atoms with E-state index < -0.39 is 12.9 Å². The predicted octanol–water partition coefficient (Wildman–Crippen LogP) is 6.26. The second-order valence-corrected chi connectivity index (χ2v) is 13.5. The number of aromatic nitrogens is 1. The number of aliphatic hydroxyl groups is 1. The molecule has 256 valence electrons. The molecule has 1 aliphatic heterocycles. The minimum atomic E-state index is -0.537. The number of hydrogen-bond donors (Lipinski definition) is 4. The molecule has 10 nitrogen and oxygen atoms in total. The van der Waals surface area contributed by atoms with E-state index >= 15 is 0 Å². The molecule has 2 aliphatic carbocycles. The van der Waals surface area contributed by atoms with Crippen LogP contribution in [0.5, 0.6) is 28.7 Å². The summed E-state index contributed by atoms with van der Waals surface area (Å²) in [7, 11) is 1.50. The van der Waals surface area contributed by atoms with Crippen LogP contribution < -0.4 is 19.9 Å². The number of phenols is 2. The van der Waals surface area contributed by atoms with E-state index in [-0.39, 0.29) is 35.4 Å². The third-order valence-corrected chi connectivity index (χ3v) is 10.6. The van der Waals surface area contributed by atoms with Gasteiger partial charge in [0, 0.05) is 41.3 Å². The first-order valence-electron chi connectivity index (χ1n) is 16.8. The van der Waals surface area contributed by atoms with Crippen molar-refractivity contribution < 1.29 is 39.1 Å². The maximum Gasteiger partial charge on any atom is 0.302 e. The fraction of sp³-hybridized carbons (Fsp3) is 0.385. The zero-order valence-corrected chi connectivity index (χ0v) is 28.0. The molecule has 3 aliphatic rings. The molecule has 2 heterocycles. The van der Waals surface area contributed by atoms with E-state index in [0.717, 1.165) is 82.4 Å². The number of methoxy groups -OCH3 is 1. The number of phenolic OH excluding ortho intramolecular Hbond substituents is 2. The summed E-state index contributed by atoms with van der Waals surface area (Å²) in [5.74, 6) is 1.80. The number of anilines is 1. The molecule has 1 spiro atoms. The number of esters is 1. The van der Waals surface area contributed by atoms with Crippen LogP contribution in [0, 0.1) is 5.92 Å². The lowest BCUT2D eigenvalue weighted by molar-refractivity contribution is -0.141.